The van der Waals surface area contributed by atoms with Crippen LogP contribution < -0.4 is 0 Å². The summed E-state index contributed by atoms with van der Waals surface area (Å²) in [5.74, 6) is 0. The zero-order valence-corrected chi connectivity index (χ0v) is 46.3. The fraction of sp³-hybridized carbons (Fsp3) is 0.467. The molecule has 0 amide bonds. The second kappa shape index (κ2) is 28.2. The van der Waals surface area contributed by atoms with Crippen molar-refractivity contribution in [3.8, 4) is 22.3 Å². The van der Waals surface area contributed by atoms with Gasteiger partial charge in [-0.1, -0.05) is 173 Å². The quantitative estimate of drug-likeness (QED) is 0.0948. The predicted molar refractivity (Wildman–Crippen MR) is 289 cm³/mol. The minimum atomic E-state index is 0. The molecule has 2 radical (unpaired) electrons. The van der Waals surface area contributed by atoms with Crippen LogP contribution in [0.3, 0.4) is 0 Å². The number of halogens is 2. The number of fused-ring (bicyclic) bond motifs is 2. The molecule has 0 saturated heterocycles. The van der Waals surface area contributed by atoms with E-state index in [0.717, 1.165) is 0 Å². The molecule has 2 saturated carbocycles. The van der Waals surface area contributed by atoms with Crippen LogP contribution in [-0.2, 0) is 36.2 Å². The summed E-state index contributed by atoms with van der Waals surface area (Å²) in [5.41, 5.74) is 15.1. The van der Waals surface area contributed by atoms with Crippen LogP contribution in [0.2, 0.25) is 0 Å². The summed E-state index contributed by atoms with van der Waals surface area (Å²) in [4.78, 5) is 0. The molecule has 64 heavy (non-hydrogen) atoms. The summed E-state index contributed by atoms with van der Waals surface area (Å²) in [7, 11) is 0. The molecule has 0 bridgehead atoms. The van der Waals surface area contributed by atoms with E-state index in [2.05, 4.69) is 145 Å². The molecule has 0 spiro atoms. The van der Waals surface area contributed by atoms with E-state index in [9.17, 15) is 0 Å². The Balaban J connectivity index is 0.000000400. The Morgan fingerprint density at radius 3 is 1.09 bits per heavy atom. The first kappa shape index (κ1) is 57.9. The van der Waals surface area contributed by atoms with Crippen molar-refractivity contribution >= 4 is 53.2 Å². The molecule has 0 aliphatic heterocycles. The van der Waals surface area contributed by atoms with Crippen molar-refractivity contribution in [2.24, 2.45) is 10.8 Å². The van der Waals surface area contributed by atoms with Gasteiger partial charge < -0.3 is 14.9 Å². The first-order valence-electron chi connectivity index (χ1n) is 24.0. The number of rotatable bonds is 10. The fourth-order valence-electron chi connectivity index (χ4n) is 11.8. The van der Waals surface area contributed by atoms with E-state index in [1.54, 1.807) is 11.1 Å². The molecule has 2 aliphatic carbocycles. The van der Waals surface area contributed by atoms with Crippen molar-refractivity contribution < 1.29 is 23.3 Å². The Hall–Kier alpha value is -2.22. The van der Waals surface area contributed by atoms with Crippen molar-refractivity contribution in [2.75, 3.05) is 0 Å². The first-order valence-corrected chi connectivity index (χ1v) is 28.1. The number of hydrogen-bond donors (Lipinski definition) is 0. The zero-order chi connectivity index (χ0) is 42.5. The van der Waals surface area contributed by atoms with E-state index in [0.29, 0.717) is 10.8 Å². The molecule has 348 valence electrons. The molecular formula is C60H82Cl2SiZr-4. The molecule has 4 heteroatoms. The van der Waals surface area contributed by atoms with Crippen LogP contribution in [0.25, 0.3) is 43.8 Å². The van der Waals surface area contributed by atoms with Crippen molar-refractivity contribution in [2.45, 2.75) is 170 Å². The van der Waals surface area contributed by atoms with Gasteiger partial charge >= 0.3 is 30.2 Å². The van der Waals surface area contributed by atoms with Crippen LogP contribution in [0, 0.1) is 53.4 Å². The summed E-state index contributed by atoms with van der Waals surface area (Å²) in [6.07, 6.45) is 28.0. The van der Waals surface area contributed by atoms with Gasteiger partial charge in [0.05, 0.1) is 0 Å². The Bertz CT molecular complexity index is 2060. The van der Waals surface area contributed by atoms with E-state index < -0.39 is 0 Å². The molecule has 6 aromatic carbocycles. The third kappa shape index (κ3) is 15.4. The van der Waals surface area contributed by atoms with Crippen molar-refractivity contribution in [3.63, 3.8) is 0 Å². The van der Waals surface area contributed by atoms with Gasteiger partial charge in [-0.2, -0.15) is 12.1 Å². The number of hydrogen-bond acceptors (Lipinski definition) is 0. The molecule has 0 atom stereocenters. The van der Waals surface area contributed by atoms with Crippen LogP contribution in [-0.4, -0.2) is 6.88 Å². The van der Waals surface area contributed by atoms with Gasteiger partial charge in [-0.3, -0.25) is 0 Å². The molecule has 0 nitrogen and oxygen atoms in total. The predicted octanol–water partition coefficient (Wildman–Crippen LogP) is 19.2. The van der Waals surface area contributed by atoms with Gasteiger partial charge in [-0.15, -0.1) is 93.9 Å². The van der Waals surface area contributed by atoms with E-state index in [-0.39, 0.29) is 39.7 Å². The Labute approximate surface area is 421 Å². The minimum absolute atomic E-state index is 0. The van der Waals surface area contributed by atoms with Crippen LogP contribution in [0.1, 0.15) is 163 Å². The molecule has 2 fully saturated rings. The standard InChI is InChI=1S/2C29H37.2CH3.2ClH.Si.Zr/c2*1-4-13-29(14-8-6-5-7-9-15-29)21-24-19-25-11-10-12-27(28(25)20-24)26-17-22(2)16-23(3)18-26;;;;;;/h2*10-12,16-20H,4-9,13-15,21H2,1-3H3;2*1H3;2*1H;;/q4*-1;;;;. The van der Waals surface area contributed by atoms with Gasteiger partial charge in [-0.25, -0.2) is 0 Å². The molecule has 6 aromatic rings. The number of benzene rings is 4. The second-order valence-corrected chi connectivity index (χ2v) is 19.5. The Morgan fingerprint density at radius 2 is 0.781 bits per heavy atom. The van der Waals surface area contributed by atoms with E-state index in [1.807, 2.05) is 0 Å². The maximum atomic E-state index is 3.06. The van der Waals surface area contributed by atoms with Gasteiger partial charge in [0.2, 0.25) is 0 Å². The first-order chi connectivity index (χ1) is 29.2. The third-order valence-electron chi connectivity index (χ3n) is 14.2. The van der Waals surface area contributed by atoms with Crippen molar-refractivity contribution in [3.05, 3.63) is 145 Å². The maximum absolute atomic E-state index is 3.06. The molecule has 0 unspecified atom stereocenters. The SMILES string of the molecule is CCCC1(Cc2cc3c(-c4cc(C)cc(C)c4)cccc3[cH-]2)CCCCCCC1.CCCC1(Cc2cc3c(-c4cc(C)cc(C)c4)cccc3[cH-]2)CCCCCCC1.Cl.Cl.[CH3-].[CH3-].[Si]=[Zr]. The molecule has 0 heterocycles. The van der Waals surface area contributed by atoms with Crippen LogP contribution in [0.15, 0.2) is 97.1 Å². The summed E-state index contributed by atoms with van der Waals surface area (Å²) in [5, 5.41) is 5.69. The molecule has 8 rings (SSSR count). The fourth-order valence-corrected chi connectivity index (χ4v) is 11.8. The molecule has 0 aromatic heterocycles. The van der Waals surface area contributed by atoms with Gasteiger partial charge in [0.25, 0.3) is 0 Å². The second-order valence-electron chi connectivity index (χ2n) is 19.5. The van der Waals surface area contributed by atoms with Crippen LogP contribution in [0.5, 0.6) is 0 Å². The van der Waals surface area contributed by atoms with Gasteiger partial charge in [0, 0.05) is 0 Å². The molecular weight excluding hydrogens is 911 g/mol. The van der Waals surface area contributed by atoms with Crippen molar-refractivity contribution in [1.82, 2.24) is 0 Å². The topological polar surface area (TPSA) is 0 Å². The zero-order valence-electron chi connectivity index (χ0n) is 41.2. The number of aryl methyl sites for hydroxylation is 4. The average Bonchev–Trinajstić information content (AvgIpc) is 3.81. The summed E-state index contributed by atoms with van der Waals surface area (Å²) < 4.78 is 0. The van der Waals surface area contributed by atoms with Crippen molar-refractivity contribution in [1.29, 1.82) is 0 Å². The summed E-state index contributed by atoms with van der Waals surface area (Å²) >= 11 is 1.36. The van der Waals surface area contributed by atoms with Gasteiger partial charge in [-0.05, 0) is 101 Å². The molecule has 2 aliphatic rings. The monoisotopic (exact) mass is 990 g/mol. The van der Waals surface area contributed by atoms with Crippen LogP contribution in [0.4, 0.5) is 0 Å². The van der Waals surface area contributed by atoms with E-state index in [4.69, 9.17) is 0 Å². The van der Waals surface area contributed by atoms with E-state index in [1.165, 1.54) is 218 Å². The third-order valence-corrected chi connectivity index (χ3v) is 14.2. The van der Waals surface area contributed by atoms with E-state index >= 15 is 0 Å². The van der Waals surface area contributed by atoms with Gasteiger partial charge in [0.1, 0.15) is 0 Å². The van der Waals surface area contributed by atoms with Gasteiger partial charge in [0.15, 0.2) is 0 Å². The Morgan fingerprint density at radius 1 is 0.469 bits per heavy atom. The normalized spacial score (nSPS) is 15.6. The summed E-state index contributed by atoms with van der Waals surface area (Å²) in [6.45, 7) is 16.6. The Kier molecular flexibility index (Phi) is 25.5. The van der Waals surface area contributed by atoms with Crippen LogP contribution >= 0.6 is 24.8 Å². The average molecular weight is 994 g/mol. The summed E-state index contributed by atoms with van der Waals surface area (Å²) in [6, 6.07) is 37.5. The molecule has 0 N–H and O–H groups in total.